The van der Waals surface area contributed by atoms with E-state index in [0.29, 0.717) is 14.5 Å². The summed E-state index contributed by atoms with van der Waals surface area (Å²) in [5.41, 5.74) is 1.52. The van der Waals surface area contributed by atoms with Gasteiger partial charge < -0.3 is 9.84 Å². The van der Waals surface area contributed by atoms with Gasteiger partial charge in [0.05, 0.1) is 20.7 Å². The molecule has 0 fully saturated rings. The molecule has 2 rings (SSSR count). The number of rotatable bonds is 6. The molecule has 0 unspecified atom stereocenters. The number of alkyl halides is 3. The van der Waals surface area contributed by atoms with Gasteiger partial charge in [0.1, 0.15) is 5.75 Å². The molecule has 2 aromatic carbocycles. The van der Waals surface area contributed by atoms with Crippen molar-refractivity contribution in [1.29, 1.82) is 0 Å². The number of ether oxygens (including phenoxy) is 1. The quantitative estimate of drug-likeness (QED) is 0.432. The second kappa shape index (κ2) is 9.20. The highest BCUT2D eigenvalue weighted by molar-refractivity contribution is 9.11. The summed E-state index contributed by atoms with van der Waals surface area (Å²) in [5, 5.41) is 12.4. The van der Waals surface area contributed by atoms with E-state index in [2.05, 4.69) is 42.4 Å². The first-order chi connectivity index (χ1) is 13.1. The van der Waals surface area contributed by atoms with Crippen molar-refractivity contribution in [2.75, 3.05) is 6.61 Å². The summed E-state index contributed by atoms with van der Waals surface area (Å²) in [7, 11) is 0. The molecule has 2 N–H and O–H groups in total. The SMILES string of the molecule is O=C(O)COc1c(Br)cc(/C=N\NC(=O)c2cccc(C(F)(F)F)c2)cc1Br. The Morgan fingerprint density at radius 2 is 1.82 bits per heavy atom. The monoisotopic (exact) mass is 522 g/mol. The van der Waals surface area contributed by atoms with Crippen LogP contribution in [0.1, 0.15) is 21.5 Å². The number of hydrazone groups is 1. The molecule has 0 aliphatic carbocycles. The summed E-state index contributed by atoms with van der Waals surface area (Å²) in [5.74, 6) is -1.67. The first-order valence-electron chi connectivity index (χ1n) is 7.42. The lowest BCUT2D eigenvalue weighted by Gasteiger charge is -2.09. The molecule has 0 bridgehead atoms. The number of aliphatic carboxylic acids is 1. The van der Waals surface area contributed by atoms with E-state index < -0.39 is 30.2 Å². The van der Waals surface area contributed by atoms with Crippen LogP contribution in [0.25, 0.3) is 0 Å². The fourth-order valence-corrected chi connectivity index (χ4v) is 3.44. The third-order valence-corrected chi connectivity index (χ3v) is 4.37. The average molecular weight is 524 g/mol. The van der Waals surface area contributed by atoms with E-state index in [4.69, 9.17) is 9.84 Å². The molecule has 0 saturated carbocycles. The van der Waals surface area contributed by atoms with Gasteiger partial charge in [-0.15, -0.1) is 0 Å². The minimum Gasteiger partial charge on any atom is -0.480 e. The summed E-state index contributed by atoms with van der Waals surface area (Å²) in [6.45, 7) is -0.530. The van der Waals surface area contributed by atoms with Crippen molar-refractivity contribution < 1.29 is 32.6 Å². The smallest absolute Gasteiger partial charge is 0.416 e. The molecule has 0 atom stereocenters. The molecule has 0 radical (unpaired) electrons. The van der Waals surface area contributed by atoms with E-state index in [1.54, 1.807) is 12.1 Å². The largest absolute Gasteiger partial charge is 0.480 e. The summed E-state index contributed by atoms with van der Waals surface area (Å²) in [4.78, 5) is 22.5. The highest BCUT2D eigenvalue weighted by Gasteiger charge is 2.30. The summed E-state index contributed by atoms with van der Waals surface area (Å²) in [6, 6.07) is 7.08. The fraction of sp³-hybridized carbons (Fsp3) is 0.118. The van der Waals surface area contributed by atoms with Crippen molar-refractivity contribution in [2.45, 2.75) is 6.18 Å². The molecule has 6 nitrogen and oxygen atoms in total. The second-order valence-electron chi connectivity index (χ2n) is 5.27. The predicted octanol–water partition coefficient (Wildman–Crippen LogP) is 4.46. The van der Waals surface area contributed by atoms with Crippen LogP contribution in [-0.2, 0) is 11.0 Å². The molecule has 0 heterocycles. The van der Waals surface area contributed by atoms with Crippen LogP contribution >= 0.6 is 31.9 Å². The van der Waals surface area contributed by atoms with Crippen molar-refractivity contribution in [3.05, 3.63) is 62.0 Å². The highest BCUT2D eigenvalue weighted by Crippen LogP contribution is 2.34. The fourth-order valence-electron chi connectivity index (χ4n) is 1.99. The number of hydrogen-bond acceptors (Lipinski definition) is 4. The molecule has 11 heteroatoms. The average Bonchev–Trinajstić information content (AvgIpc) is 2.60. The minimum atomic E-state index is -4.55. The number of halogens is 5. The molecular formula is C17H11Br2F3N2O4. The lowest BCUT2D eigenvalue weighted by molar-refractivity contribution is -0.139. The Bertz CT molecular complexity index is 910. The second-order valence-corrected chi connectivity index (χ2v) is 6.98. The zero-order valence-corrected chi connectivity index (χ0v) is 16.9. The molecule has 148 valence electrons. The van der Waals surface area contributed by atoms with Crippen molar-refractivity contribution in [1.82, 2.24) is 5.43 Å². The highest BCUT2D eigenvalue weighted by atomic mass is 79.9. The van der Waals surface area contributed by atoms with E-state index in [1.807, 2.05) is 0 Å². The van der Waals surface area contributed by atoms with Crippen LogP contribution in [0.3, 0.4) is 0 Å². The third kappa shape index (κ3) is 6.06. The maximum absolute atomic E-state index is 12.7. The van der Waals surface area contributed by atoms with Crippen molar-refractivity contribution >= 4 is 50.0 Å². The van der Waals surface area contributed by atoms with Crippen molar-refractivity contribution in [2.24, 2.45) is 5.10 Å². The van der Waals surface area contributed by atoms with Crippen molar-refractivity contribution in [3.63, 3.8) is 0 Å². The summed E-state index contributed by atoms with van der Waals surface area (Å²) < 4.78 is 44.1. The lowest BCUT2D eigenvalue weighted by Crippen LogP contribution is -2.18. The standard InChI is InChI=1S/C17H11Br2F3N2O4/c18-12-4-9(5-13(19)15(12)28-8-14(25)26)7-23-24-16(27)10-2-1-3-11(6-10)17(20,21)22/h1-7H,8H2,(H,24,27)(H,25,26)/b23-7-. The third-order valence-electron chi connectivity index (χ3n) is 3.19. The van der Waals surface area contributed by atoms with E-state index >= 15 is 0 Å². The summed E-state index contributed by atoms with van der Waals surface area (Å²) >= 11 is 6.46. The molecule has 0 saturated heterocycles. The van der Waals surface area contributed by atoms with E-state index in [1.165, 1.54) is 12.3 Å². The molecule has 0 aromatic heterocycles. The van der Waals surface area contributed by atoms with Crippen LogP contribution in [0.5, 0.6) is 5.75 Å². The number of carbonyl (C=O) groups is 2. The Kier molecular flexibility index (Phi) is 7.19. The molecule has 28 heavy (non-hydrogen) atoms. The van der Waals surface area contributed by atoms with E-state index in [0.717, 1.165) is 18.2 Å². The number of nitrogens with one attached hydrogen (secondary N) is 1. The molecule has 0 spiro atoms. The van der Waals surface area contributed by atoms with Gasteiger partial charge in [-0.1, -0.05) is 6.07 Å². The molecule has 1 amide bonds. The normalized spacial score (nSPS) is 11.5. The van der Waals surface area contributed by atoms with Gasteiger partial charge in [-0.3, -0.25) is 4.79 Å². The van der Waals surface area contributed by atoms with Gasteiger partial charge >= 0.3 is 12.1 Å². The number of carboxylic acid groups (broad SMARTS) is 1. The molecule has 2 aromatic rings. The van der Waals surface area contributed by atoms with Crippen LogP contribution in [0, 0.1) is 0 Å². The van der Waals surface area contributed by atoms with Crippen LogP contribution in [0.15, 0.2) is 50.4 Å². The van der Waals surface area contributed by atoms with Crippen LogP contribution < -0.4 is 10.2 Å². The number of nitrogens with zero attached hydrogens (tertiary/aromatic N) is 1. The zero-order valence-electron chi connectivity index (χ0n) is 13.8. The van der Waals surface area contributed by atoms with Crippen LogP contribution in [-0.4, -0.2) is 29.8 Å². The van der Waals surface area contributed by atoms with Crippen LogP contribution in [0.4, 0.5) is 13.2 Å². The topological polar surface area (TPSA) is 88.0 Å². The van der Waals surface area contributed by atoms with Gasteiger partial charge in [-0.2, -0.15) is 18.3 Å². The molecular weight excluding hydrogens is 513 g/mol. The Morgan fingerprint density at radius 3 is 2.39 bits per heavy atom. The van der Waals surface area contributed by atoms with Crippen molar-refractivity contribution in [3.8, 4) is 5.75 Å². The predicted molar refractivity (Wildman–Crippen MR) is 101 cm³/mol. The first-order valence-corrected chi connectivity index (χ1v) is 9.01. The zero-order chi connectivity index (χ0) is 20.9. The number of benzene rings is 2. The van der Waals surface area contributed by atoms with Gasteiger partial charge in [0.2, 0.25) is 0 Å². The maximum atomic E-state index is 12.7. The maximum Gasteiger partial charge on any atom is 0.416 e. The van der Waals surface area contributed by atoms with E-state index in [9.17, 15) is 22.8 Å². The van der Waals surface area contributed by atoms with Crippen LogP contribution in [0.2, 0.25) is 0 Å². The van der Waals surface area contributed by atoms with Gasteiger partial charge in [-0.25, -0.2) is 10.2 Å². The first kappa shape index (κ1) is 21.9. The Morgan fingerprint density at radius 1 is 1.18 bits per heavy atom. The van der Waals surface area contributed by atoms with Gasteiger partial charge in [0, 0.05) is 5.56 Å². The van der Waals surface area contributed by atoms with E-state index in [-0.39, 0.29) is 11.3 Å². The Hall–Kier alpha value is -2.40. The number of carbonyl (C=O) groups excluding carboxylic acids is 1. The Labute approximate surface area is 173 Å². The Balaban J connectivity index is 2.08. The molecule has 0 aliphatic rings. The van der Waals surface area contributed by atoms with Gasteiger partial charge in [-0.05, 0) is 67.8 Å². The number of carboxylic acids is 1. The van der Waals surface area contributed by atoms with Gasteiger partial charge in [0.25, 0.3) is 5.91 Å². The molecule has 0 aliphatic heterocycles. The van der Waals surface area contributed by atoms with Gasteiger partial charge in [0.15, 0.2) is 6.61 Å². The number of amides is 1. The summed E-state index contributed by atoms with van der Waals surface area (Å²) in [6.07, 6.45) is -3.29. The lowest BCUT2D eigenvalue weighted by atomic mass is 10.1. The minimum absolute atomic E-state index is 0.188. The number of hydrogen-bond donors (Lipinski definition) is 2.